The Labute approximate surface area is 75.7 Å². The van der Waals surface area contributed by atoms with Crippen molar-refractivity contribution in [3.63, 3.8) is 0 Å². The minimum atomic E-state index is 0.177. The molecule has 2 nitrogen and oxygen atoms in total. The van der Waals surface area contributed by atoms with Gasteiger partial charge < -0.3 is 10.1 Å². The number of nitrogens with one attached hydrogen (secondary N) is 1. The van der Waals surface area contributed by atoms with Crippen molar-refractivity contribution >= 4 is 0 Å². The van der Waals surface area contributed by atoms with Gasteiger partial charge in [-0.3, -0.25) is 0 Å². The first-order chi connectivity index (χ1) is 5.81. The molecule has 0 aliphatic rings. The Hall–Kier alpha value is -0.520. The Kier molecular flexibility index (Phi) is 8.20. The van der Waals surface area contributed by atoms with Crippen LogP contribution in [0, 0.1) is 12.3 Å². The van der Waals surface area contributed by atoms with Gasteiger partial charge in [-0.1, -0.05) is 12.8 Å². The van der Waals surface area contributed by atoms with Crippen LogP contribution in [0.15, 0.2) is 0 Å². The smallest absolute Gasteiger partial charge is 0.0658 e. The van der Waals surface area contributed by atoms with E-state index in [4.69, 9.17) is 11.2 Å². The van der Waals surface area contributed by atoms with Crippen LogP contribution in [-0.4, -0.2) is 25.8 Å². The van der Waals surface area contributed by atoms with E-state index >= 15 is 0 Å². The van der Waals surface area contributed by atoms with Crippen molar-refractivity contribution in [1.29, 1.82) is 0 Å². The summed E-state index contributed by atoms with van der Waals surface area (Å²) in [6.45, 7) is 6.73. The minimum Gasteiger partial charge on any atom is -0.381 e. The Balaban J connectivity index is 2.96. The molecule has 12 heavy (non-hydrogen) atoms. The highest BCUT2D eigenvalue weighted by Gasteiger charge is 1.93. The van der Waals surface area contributed by atoms with Crippen molar-refractivity contribution in [1.82, 2.24) is 5.32 Å². The first kappa shape index (κ1) is 11.5. The van der Waals surface area contributed by atoms with E-state index in [2.05, 4.69) is 18.2 Å². The van der Waals surface area contributed by atoms with Gasteiger partial charge in [0, 0.05) is 13.2 Å². The number of hydrogen-bond donors (Lipinski definition) is 1. The highest BCUT2D eigenvalue weighted by Crippen LogP contribution is 1.85. The molecule has 1 N–H and O–H groups in total. The van der Waals surface area contributed by atoms with Gasteiger partial charge in [0.25, 0.3) is 0 Å². The molecule has 0 spiro atoms. The van der Waals surface area contributed by atoms with Gasteiger partial charge in [-0.25, -0.2) is 0 Å². The molecule has 0 saturated carbocycles. The summed E-state index contributed by atoms with van der Waals surface area (Å²) in [4.78, 5) is 0. The zero-order valence-corrected chi connectivity index (χ0v) is 8.10. The summed E-state index contributed by atoms with van der Waals surface area (Å²) in [6.07, 6.45) is 7.32. The van der Waals surface area contributed by atoms with E-state index in [9.17, 15) is 0 Å². The lowest BCUT2D eigenvalue weighted by atomic mass is 10.3. The van der Waals surface area contributed by atoms with Gasteiger partial charge in [0.15, 0.2) is 0 Å². The van der Waals surface area contributed by atoms with Crippen LogP contribution in [0.3, 0.4) is 0 Å². The lowest BCUT2D eigenvalue weighted by Crippen LogP contribution is -2.26. The van der Waals surface area contributed by atoms with Crippen LogP contribution in [-0.2, 0) is 4.74 Å². The molecule has 0 aliphatic carbocycles. The third kappa shape index (κ3) is 7.59. The molecular formula is C10H19NO. The molecule has 0 aromatic heterocycles. The second-order valence-corrected chi connectivity index (χ2v) is 2.81. The van der Waals surface area contributed by atoms with E-state index in [1.54, 1.807) is 0 Å². The number of hydrogen-bond acceptors (Lipinski definition) is 2. The maximum Gasteiger partial charge on any atom is 0.0658 e. The largest absolute Gasteiger partial charge is 0.381 e. The SMILES string of the molecule is C#CC(C)NCCCOCCC. The predicted molar refractivity (Wildman–Crippen MR) is 52.0 cm³/mol. The van der Waals surface area contributed by atoms with Gasteiger partial charge in [-0.2, -0.15) is 0 Å². The Morgan fingerprint density at radius 3 is 2.83 bits per heavy atom. The number of ether oxygens (including phenoxy) is 1. The molecule has 0 aromatic rings. The van der Waals surface area contributed by atoms with Gasteiger partial charge in [0.05, 0.1) is 6.04 Å². The van der Waals surface area contributed by atoms with E-state index < -0.39 is 0 Å². The average Bonchev–Trinajstić information content (AvgIpc) is 2.10. The van der Waals surface area contributed by atoms with E-state index in [1.165, 1.54) is 0 Å². The Morgan fingerprint density at radius 1 is 1.50 bits per heavy atom. The molecule has 1 unspecified atom stereocenters. The predicted octanol–water partition coefficient (Wildman–Crippen LogP) is 1.41. The van der Waals surface area contributed by atoms with Crippen LogP contribution >= 0.6 is 0 Å². The lowest BCUT2D eigenvalue weighted by Gasteiger charge is -2.06. The van der Waals surface area contributed by atoms with Crippen molar-refractivity contribution in [2.75, 3.05) is 19.8 Å². The lowest BCUT2D eigenvalue weighted by molar-refractivity contribution is 0.132. The summed E-state index contributed by atoms with van der Waals surface area (Å²) >= 11 is 0. The summed E-state index contributed by atoms with van der Waals surface area (Å²) < 4.78 is 5.31. The standard InChI is InChI=1S/C10H19NO/c1-4-8-12-9-6-7-11-10(3)5-2/h2,10-11H,4,6-9H2,1,3H3. The third-order valence-corrected chi connectivity index (χ3v) is 1.51. The summed E-state index contributed by atoms with van der Waals surface area (Å²) in [5.74, 6) is 2.62. The Morgan fingerprint density at radius 2 is 2.25 bits per heavy atom. The molecule has 0 aromatic carbocycles. The molecule has 2 heteroatoms. The summed E-state index contributed by atoms with van der Waals surface area (Å²) in [5, 5.41) is 3.19. The third-order valence-electron chi connectivity index (χ3n) is 1.51. The molecule has 0 radical (unpaired) electrons. The van der Waals surface area contributed by atoms with Gasteiger partial charge in [0.2, 0.25) is 0 Å². The van der Waals surface area contributed by atoms with Gasteiger partial charge in [-0.05, 0) is 26.3 Å². The first-order valence-corrected chi connectivity index (χ1v) is 4.58. The fraction of sp³-hybridized carbons (Fsp3) is 0.800. The Bertz CT molecular complexity index is 128. The van der Waals surface area contributed by atoms with Crippen molar-refractivity contribution in [2.45, 2.75) is 32.7 Å². The van der Waals surface area contributed by atoms with Gasteiger partial charge in [0.1, 0.15) is 0 Å². The molecule has 0 fully saturated rings. The van der Waals surface area contributed by atoms with Crippen molar-refractivity contribution < 1.29 is 4.74 Å². The van der Waals surface area contributed by atoms with E-state index in [1.807, 2.05) is 6.92 Å². The average molecular weight is 169 g/mol. The van der Waals surface area contributed by atoms with Crippen LogP contribution < -0.4 is 5.32 Å². The molecule has 70 valence electrons. The van der Waals surface area contributed by atoms with E-state index in [0.29, 0.717) is 0 Å². The molecule has 1 atom stereocenters. The van der Waals surface area contributed by atoms with Crippen LogP contribution in [0.5, 0.6) is 0 Å². The monoisotopic (exact) mass is 169 g/mol. The van der Waals surface area contributed by atoms with Crippen molar-refractivity contribution in [3.8, 4) is 12.3 Å². The topological polar surface area (TPSA) is 21.3 Å². The van der Waals surface area contributed by atoms with Crippen molar-refractivity contribution in [3.05, 3.63) is 0 Å². The maximum absolute atomic E-state index is 5.31. The number of rotatable bonds is 7. The number of terminal acetylenes is 1. The van der Waals surface area contributed by atoms with Crippen molar-refractivity contribution in [2.24, 2.45) is 0 Å². The quantitative estimate of drug-likeness (QED) is 0.459. The molecular weight excluding hydrogens is 150 g/mol. The molecule has 0 saturated heterocycles. The van der Waals surface area contributed by atoms with E-state index in [0.717, 1.165) is 32.6 Å². The highest BCUT2D eigenvalue weighted by molar-refractivity contribution is 4.95. The highest BCUT2D eigenvalue weighted by atomic mass is 16.5. The fourth-order valence-corrected chi connectivity index (χ4v) is 0.798. The minimum absolute atomic E-state index is 0.177. The zero-order valence-electron chi connectivity index (χ0n) is 8.10. The maximum atomic E-state index is 5.31. The van der Waals surface area contributed by atoms with E-state index in [-0.39, 0.29) is 6.04 Å². The first-order valence-electron chi connectivity index (χ1n) is 4.58. The van der Waals surface area contributed by atoms with Crippen LogP contribution in [0.2, 0.25) is 0 Å². The van der Waals surface area contributed by atoms with Gasteiger partial charge in [-0.15, -0.1) is 6.42 Å². The molecule has 0 rings (SSSR count). The molecule has 0 bridgehead atoms. The molecule has 0 aliphatic heterocycles. The van der Waals surface area contributed by atoms with Crippen LogP contribution in [0.1, 0.15) is 26.7 Å². The second kappa shape index (κ2) is 8.58. The summed E-state index contributed by atoms with van der Waals surface area (Å²) in [5.41, 5.74) is 0. The second-order valence-electron chi connectivity index (χ2n) is 2.81. The normalized spacial score (nSPS) is 12.4. The fourth-order valence-electron chi connectivity index (χ4n) is 0.798. The zero-order chi connectivity index (χ0) is 9.23. The molecule has 0 amide bonds. The van der Waals surface area contributed by atoms with Gasteiger partial charge >= 0.3 is 0 Å². The van der Waals surface area contributed by atoms with Crippen LogP contribution in [0.4, 0.5) is 0 Å². The molecule has 0 heterocycles. The summed E-state index contributed by atoms with van der Waals surface area (Å²) in [7, 11) is 0. The van der Waals surface area contributed by atoms with Crippen LogP contribution in [0.25, 0.3) is 0 Å². The summed E-state index contributed by atoms with van der Waals surface area (Å²) in [6, 6.07) is 0.177.